The lowest BCUT2D eigenvalue weighted by Gasteiger charge is -2.03. The van der Waals surface area contributed by atoms with Gasteiger partial charge in [-0.15, -0.1) is 0 Å². The first-order chi connectivity index (χ1) is 5.82. The zero-order chi connectivity index (χ0) is 10.2. The summed E-state index contributed by atoms with van der Waals surface area (Å²) in [6, 6.07) is 2.04. The van der Waals surface area contributed by atoms with Crippen molar-refractivity contribution in [1.82, 2.24) is 0 Å². The van der Waals surface area contributed by atoms with Crippen LogP contribution in [0.1, 0.15) is 0 Å². The third-order valence-corrected chi connectivity index (χ3v) is 2.71. The van der Waals surface area contributed by atoms with Crippen molar-refractivity contribution in [2.45, 2.75) is 4.90 Å². The average Bonchev–Trinajstić information content (AvgIpc) is 1.94. The topological polar surface area (TPSA) is 101 Å². The fraction of sp³-hybridized carbons (Fsp3) is 0. The van der Waals surface area contributed by atoms with E-state index < -0.39 is 25.8 Å². The Morgan fingerprint density at radius 3 is 2.38 bits per heavy atom. The number of anilines is 1. The molecule has 72 valence electrons. The molecule has 13 heavy (non-hydrogen) atoms. The van der Waals surface area contributed by atoms with Crippen LogP contribution in [0.2, 0.25) is 5.02 Å². The largest absolute Gasteiger partial charge is 0.506 e. The number of phenols is 1. The number of nitrogen functional groups attached to an aromatic ring is 1. The second kappa shape index (κ2) is 3.06. The normalized spacial score (nSPS) is 11.5. The van der Waals surface area contributed by atoms with Crippen LogP contribution in [-0.4, -0.2) is 18.1 Å². The highest BCUT2D eigenvalue weighted by atomic mass is 35.5. The summed E-state index contributed by atoms with van der Waals surface area (Å²) < 4.78 is 30.0. The second-order valence-corrected chi connectivity index (χ2v) is 4.10. The zero-order valence-electron chi connectivity index (χ0n) is 6.23. The lowest BCUT2D eigenvalue weighted by Crippen LogP contribution is -2.00. The van der Waals surface area contributed by atoms with Crippen LogP contribution < -0.4 is 5.73 Å². The van der Waals surface area contributed by atoms with E-state index in [0.717, 1.165) is 12.1 Å². The molecule has 0 aliphatic carbocycles. The molecular weight excluding hydrogens is 218 g/mol. The highest BCUT2D eigenvalue weighted by Gasteiger charge is 2.17. The lowest BCUT2D eigenvalue weighted by molar-refractivity contribution is 0.467. The number of aromatic hydroxyl groups is 1. The molecule has 0 amide bonds. The molecule has 0 saturated carbocycles. The first kappa shape index (κ1) is 10.1. The van der Waals surface area contributed by atoms with E-state index >= 15 is 0 Å². The predicted octanol–water partition coefficient (Wildman–Crippen LogP) is 0.875. The van der Waals surface area contributed by atoms with Gasteiger partial charge in [-0.1, -0.05) is 11.6 Å². The first-order valence-electron chi connectivity index (χ1n) is 3.08. The fourth-order valence-electron chi connectivity index (χ4n) is 0.792. The minimum Gasteiger partial charge on any atom is -0.506 e. The quantitative estimate of drug-likeness (QED) is 0.485. The van der Waals surface area contributed by atoms with Crippen LogP contribution >= 0.6 is 11.6 Å². The van der Waals surface area contributed by atoms with E-state index in [-0.39, 0.29) is 5.69 Å². The van der Waals surface area contributed by atoms with Gasteiger partial charge in [-0.3, -0.25) is 4.55 Å². The van der Waals surface area contributed by atoms with Crippen LogP contribution in [0.25, 0.3) is 0 Å². The van der Waals surface area contributed by atoms with Crippen LogP contribution in [0.5, 0.6) is 5.75 Å². The van der Waals surface area contributed by atoms with Crippen molar-refractivity contribution >= 4 is 27.4 Å². The Bertz CT molecular complexity index is 442. The summed E-state index contributed by atoms with van der Waals surface area (Å²) >= 11 is 5.41. The molecule has 0 heterocycles. The minimum atomic E-state index is -4.45. The van der Waals surface area contributed by atoms with Gasteiger partial charge in [-0.05, 0) is 6.07 Å². The van der Waals surface area contributed by atoms with E-state index in [2.05, 4.69) is 0 Å². The van der Waals surface area contributed by atoms with Crippen molar-refractivity contribution in [3.8, 4) is 5.75 Å². The van der Waals surface area contributed by atoms with Gasteiger partial charge >= 0.3 is 0 Å². The molecule has 0 fully saturated rings. The monoisotopic (exact) mass is 223 g/mol. The highest BCUT2D eigenvalue weighted by Crippen LogP contribution is 2.32. The molecule has 4 N–H and O–H groups in total. The molecule has 0 radical (unpaired) electrons. The summed E-state index contributed by atoms with van der Waals surface area (Å²) in [7, 11) is -4.45. The van der Waals surface area contributed by atoms with Crippen LogP contribution in [-0.2, 0) is 10.1 Å². The fourth-order valence-corrected chi connectivity index (χ4v) is 1.81. The van der Waals surface area contributed by atoms with Gasteiger partial charge in [0.25, 0.3) is 10.1 Å². The Morgan fingerprint density at radius 1 is 1.38 bits per heavy atom. The maximum Gasteiger partial charge on any atom is 0.296 e. The van der Waals surface area contributed by atoms with Gasteiger partial charge in [0.15, 0.2) is 0 Å². The van der Waals surface area contributed by atoms with Gasteiger partial charge in [0.05, 0.1) is 0 Å². The summed E-state index contributed by atoms with van der Waals surface area (Å²) in [6.07, 6.45) is 0. The standard InChI is InChI=1S/C6H6ClNO4S/c7-6-4(9)1-3(8)2-5(6)13(10,11)12/h1-2,9H,8H2,(H,10,11,12). The molecule has 7 heteroatoms. The Labute approximate surface area is 79.5 Å². The molecule has 0 atom stereocenters. The number of phenolic OH excluding ortho intramolecular Hbond substituents is 1. The SMILES string of the molecule is Nc1cc(O)c(Cl)c(S(=O)(=O)O)c1. The van der Waals surface area contributed by atoms with Crippen LogP contribution in [0, 0.1) is 0 Å². The van der Waals surface area contributed by atoms with Crippen molar-refractivity contribution in [3.05, 3.63) is 17.2 Å². The predicted molar refractivity (Wildman–Crippen MR) is 47.3 cm³/mol. The van der Waals surface area contributed by atoms with Crippen molar-refractivity contribution < 1.29 is 18.1 Å². The molecule has 0 unspecified atom stereocenters. The summed E-state index contributed by atoms with van der Waals surface area (Å²) in [4.78, 5) is -0.605. The molecule has 1 aromatic rings. The molecule has 1 rings (SSSR count). The number of benzene rings is 1. The molecule has 0 spiro atoms. The summed E-state index contributed by atoms with van der Waals surface area (Å²) in [5.74, 6) is -0.491. The van der Waals surface area contributed by atoms with Crippen LogP contribution in [0.4, 0.5) is 5.69 Å². The van der Waals surface area contributed by atoms with E-state index in [1.165, 1.54) is 0 Å². The van der Waals surface area contributed by atoms with Gasteiger partial charge in [0, 0.05) is 11.8 Å². The Hall–Kier alpha value is -0.980. The number of hydrogen-bond donors (Lipinski definition) is 3. The molecule has 1 aromatic carbocycles. The number of hydrogen-bond acceptors (Lipinski definition) is 4. The summed E-state index contributed by atoms with van der Waals surface area (Å²) in [5, 5.41) is 8.61. The van der Waals surface area contributed by atoms with Gasteiger partial charge in [0.1, 0.15) is 15.7 Å². The Balaban J connectivity index is 3.56. The molecule has 0 saturated heterocycles. The lowest BCUT2D eigenvalue weighted by atomic mass is 10.3. The van der Waals surface area contributed by atoms with E-state index in [1.54, 1.807) is 0 Å². The third-order valence-electron chi connectivity index (χ3n) is 1.32. The summed E-state index contributed by atoms with van der Waals surface area (Å²) in [6.45, 7) is 0. The van der Waals surface area contributed by atoms with Gasteiger partial charge in [-0.25, -0.2) is 0 Å². The molecule has 5 nitrogen and oxygen atoms in total. The smallest absolute Gasteiger partial charge is 0.296 e. The molecule has 0 aromatic heterocycles. The molecule has 0 aliphatic heterocycles. The van der Waals surface area contributed by atoms with Crippen LogP contribution in [0.15, 0.2) is 17.0 Å². The molecule has 0 bridgehead atoms. The van der Waals surface area contributed by atoms with Gasteiger partial charge in [0.2, 0.25) is 0 Å². The van der Waals surface area contributed by atoms with Crippen molar-refractivity contribution in [2.24, 2.45) is 0 Å². The van der Waals surface area contributed by atoms with Crippen molar-refractivity contribution in [2.75, 3.05) is 5.73 Å². The van der Waals surface area contributed by atoms with Crippen molar-refractivity contribution in [3.63, 3.8) is 0 Å². The second-order valence-electron chi connectivity index (χ2n) is 2.33. The van der Waals surface area contributed by atoms with Gasteiger partial charge < -0.3 is 10.8 Å². The molecule has 0 aliphatic rings. The zero-order valence-corrected chi connectivity index (χ0v) is 7.80. The van der Waals surface area contributed by atoms with Crippen LogP contribution in [0.3, 0.4) is 0 Å². The number of halogens is 1. The molecular formula is C6H6ClNO4S. The number of nitrogens with two attached hydrogens (primary N) is 1. The van der Waals surface area contributed by atoms with Crippen molar-refractivity contribution in [1.29, 1.82) is 0 Å². The number of rotatable bonds is 1. The maximum atomic E-state index is 10.7. The van der Waals surface area contributed by atoms with Gasteiger partial charge in [-0.2, -0.15) is 8.42 Å². The van der Waals surface area contributed by atoms with E-state index in [4.69, 9.17) is 27.0 Å². The minimum absolute atomic E-state index is 0.00507. The summed E-state index contributed by atoms with van der Waals surface area (Å²) in [5.41, 5.74) is 5.23. The van der Waals surface area contributed by atoms with E-state index in [1.807, 2.05) is 0 Å². The third kappa shape index (κ3) is 2.03. The average molecular weight is 224 g/mol. The Morgan fingerprint density at radius 2 is 1.92 bits per heavy atom. The Kier molecular flexibility index (Phi) is 2.38. The highest BCUT2D eigenvalue weighted by molar-refractivity contribution is 7.86. The first-order valence-corrected chi connectivity index (χ1v) is 4.89. The van der Waals surface area contributed by atoms with E-state index in [0.29, 0.717) is 0 Å². The maximum absolute atomic E-state index is 10.7. The van der Waals surface area contributed by atoms with E-state index in [9.17, 15) is 8.42 Å².